The Morgan fingerprint density at radius 3 is 2.42 bits per heavy atom. The van der Waals surface area contributed by atoms with E-state index in [4.69, 9.17) is 4.74 Å². The molecule has 0 aromatic heterocycles. The van der Waals surface area contributed by atoms with E-state index < -0.39 is 4.92 Å². The van der Waals surface area contributed by atoms with Gasteiger partial charge in [0.2, 0.25) is 0 Å². The molecule has 0 aliphatic rings. The van der Waals surface area contributed by atoms with E-state index in [0.29, 0.717) is 16.8 Å². The fourth-order valence-corrected chi connectivity index (χ4v) is 2.36. The van der Waals surface area contributed by atoms with Gasteiger partial charge in [0.15, 0.2) is 0 Å². The average Bonchev–Trinajstić information content (AvgIpc) is 2.41. The molecule has 2 aromatic rings. The number of nitrogens with zero attached hydrogens (tertiary/aromatic N) is 1. The highest BCUT2D eigenvalue weighted by atomic mass is 79.9. The molecule has 2 aromatic carbocycles. The van der Waals surface area contributed by atoms with Gasteiger partial charge in [-0.2, -0.15) is 0 Å². The summed E-state index contributed by atoms with van der Waals surface area (Å²) in [6.07, 6.45) is 0. The van der Waals surface area contributed by atoms with Gasteiger partial charge in [0.05, 0.1) is 4.92 Å². The van der Waals surface area contributed by atoms with Crippen molar-refractivity contribution in [2.45, 2.75) is 5.33 Å². The molecule has 4 nitrogen and oxygen atoms in total. The number of nitro groups is 1. The lowest BCUT2D eigenvalue weighted by atomic mass is 10.2. The second-order valence-electron chi connectivity index (χ2n) is 3.74. The van der Waals surface area contributed by atoms with Gasteiger partial charge in [-0.1, -0.05) is 31.9 Å². The van der Waals surface area contributed by atoms with Crippen LogP contribution in [0.4, 0.5) is 5.69 Å². The van der Waals surface area contributed by atoms with E-state index in [2.05, 4.69) is 31.9 Å². The third-order valence-electron chi connectivity index (χ3n) is 2.44. The molecular weight excluding hydrogens is 378 g/mol. The first kappa shape index (κ1) is 14.0. The third kappa shape index (κ3) is 3.54. The Morgan fingerprint density at radius 2 is 1.84 bits per heavy atom. The monoisotopic (exact) mass is 385 g/mol. The Hall–Kier alpha value is -1.40. The zero-order chi connectivity index (χ0) is 13.8. The first-order valence-corrected chi connectivity index (χ1v) is 7.28. The molecule has 19 heavy (non-hydrogen) atoms. The van der Waals surface area contributed by atoms with Crippen molar-refractivity contribution in [3.05, 3.63) is 62.6 Å². The normalized spacial score (nSPS) is 10.2. The standard InChI is InChI=1S/C13H9Br2NO3/c14-8-9-7-10(15)1-6-13(9)19-12-4-2-11(3-5-12)16(17)18/h1-7H,8H2. The van der Waals surface area contributed by atoms with E-state index in [1.54, 1.807) is 12.1 Å². The summed E-state index contributed by atoms with van der Waals surface area (Å²) in [5.74, 6) is 1.28. The van der Waals surface area contributed by atoms with Crippen LogP contribution in [0.15, 0.2) is 46.9 Å². The van der Waals surface area contributed by atoms with Crippen molar-refractivity contribution < 1.29 is 9.66 Å². The highest BCUT2D eigenvalue weighted by Gasteiger charge is 2.07. The summed E-state index contributed by atoms with van der Waals surface area (Å²) in [4.78, 5) is 10.1. The lowest BCUT2D eigenvalue weighted by Crippen LogP contribution is -1.91. The lowest BCUT2D eigenvalue weighted by molar-refractivity contribution is -0.384. The zero-order valence-corrected chi connectivity index (χ0v) is 12.8. The minimum absolute atomic E-state index is 0.0453. The fourth-order valence-electron chi connectivity index (χ4n) is 1.51. The molecule has 98 valence electrons. The minimum Gasteiger partial charge on any atom is -0.457 e. The van der Waals surface area contributed by atoms with Crippen LogP contribution >= 0.6 is 31.9 Å². The van der Waals surface area contributed by atoms with Crippen molar-refractivity contribution in [2.24, 2.45) is 0 Å². The average molecular weight is 387 g/mol. The van der Waals surface area contributed by atoms with Crippen molar-refractivity contribution in [1.29, 1.82) is 0 Å². The summed E-state index contributed by atoms with van der Waals surface area (Å²) in [5.41, 5.74) is 1.04. The van der Waals surface area contributed by atoms with Gasteiger partial charge in [0.1, 0.15) is 11.5 Å². The Morgan fingerprint density at radius 1 is 1.16 bits per heavy atom. The van der Waals surface area contributed by atoms with E-state index in [-0.39, 0.29) is 5.69 Å². The van der Waals surface area contributed by atoms with Crippen LogP contribution in [0, 0.1) is 10.1 Å². The summed E-state index contributed by atoms with van der Waals surface area (Å²) in [5, 5.41) is 11.2. The van der Waals surface area contributed by atoms with Crippen LogP contribution in [0.1, 0.15) is 5.56 Å². The predicted octanol–water partition coefficient (Wildman–Crippen LogP) is 5.04. The van der Waals surface area contributed by atoms with E-state index in [9.17, 15) is 10.1 Å². The summed E-state index contributed by atoms with van der Waals surface area (Å²) in [7, 11) is 0. The van der Waals surface area contributed by atoms with Crippen molar-refractivity contribution in [1.82, 2.24) is 0 Å². The first-order valence-electron chi connectivity index (χ1n) is 5.37. The van der Waals surface area contributed by atoms with Crippen LogP contribution in [0.25, 0.3) is 0 Å². The van der Waals surface area contributed by atoms with Crippen LogP contribution in [0.2, 0.25) is 0 Å². The molecule has 0 N–H and O–H groups in total. The van der Waals surface area contributed by atoms with E-state index in [1.807, 2.05) is 18.2 Å². The van der Waals surface area contributed by atoms with Crippen LogP contribution in [-0.2, 0) is 5.33 Å². The molecule has 0 aliphatic carbocycles. The fraction of sp³-hybridized carbons (Fsp3) is 0.0769. The smallest absolute Gasteiger partial charge is 0.269 e. The quantitative estimate of drug-likeness (QED) is 0.420. The van der Waals surface area contributed by atoms with Crippen LogP contribution in [-0.4, -0.2) is 4.92 Å². The molecule has 0 amide bonds. The molecule has 0 saturated heterocycles. The molecule has 0 radical (unpaired) electrons. The molecule has 0 spiro atoms. The maximum atomic E-state index is 10.6. The summed E-state index contributed by atoms with van der Waals surface area (Å²) < 4.78 is 6.69. The Bertz CT molecular complexity index is 599. The van der Waals surface area contributed by atoms with Gasteiger partial charge in [-0.15, -0.1) is 0 Å². The Kier molecular flexibility index (Phi) is 4.55. The highest BCUT2D eigenvalue weighted by Crippen LogP contribution is 2.30. The second kappa shape index (κ2) is 6.16. The number of benzene rings is 2. The summed E-state index contributed by atoms with van der Waals surface area (Å²) in [6.45, 7) is 0. The molecule has 0 heterocycles. The SMILES string of the molecule is O=[N+]([O-])c1ccc(Oc2ccc(Br)cc2CBr)cc1. The lowest BCUT2D eigenvalue weighted by Gasteiger charge is -2.09. The summed E-state index contributed by atoms with van der Waals surface area (Å²) >= 11 is 6.79. The van der Waals surface area contributed by atoms with Gasteiger partial charge in [0.25, 0.3) is 5.69 Å². The first-order chi connectivity index (χ1) is 9.10. The van der Waals surface area contributed by atoms with Gasteiger partial charge in [-0.05, 0) is 30.3 Å². The third-order valence-corrected chi connectivity index (χ3v) is 3.54. The molecular formula is C13H9Br2NO3. The predicted molar refractivity (Wildman–Crippen MR) is 79.9 cm³/mol. The zero-order valence-electron chi connectivity index (χ0n) is 9.68. The van der Waals surface area contributed by atoms with E-state index >= 15 is 0 Å². The van der Waals surface area contributed by atoms with Crippen LogP contribution in [0.3, 0.4) is 0 Å². The molecule has 0 saturated carbocycles. The molecule has 0 bridgehead atoms. The molecule has 6 heteroatoms. The molecule has 0 aliphatic heterocycles. The number of hydrogen-bond donors (Lipinski definition) is 0. The van der Waals surface area contributed by atoms with Crippen LogP contribution in [0.5, 0.6) is 11.5 Å². The number of nitro benzene ring substituents is 1. The largest absolute Gasteiger partial charge is 0.457 e. The van der Waals surface area contributed by atoms with Gasteiger partial charge in [0, 0.05) is 27.5 Å². The van der Waals surface area contributed by atoms with Gasteiger partial charge >= 0.3 is 0 Å². The number of ether oxygens (including phenoxy) is 1. The maximum Gasteiger partial charge on any atom is 0.269 e. The van der Waals surface area contributed by atoms with Crippen molar-refractivity contribution >= 4 is 37.5 Å². The Balaban J connectivity index is 2.23. The number of hydrogen-bond acceptors (Lipinski definition) is 3. The maximum absolute atomic E-state index is 10.6. The highest BCUT2D eigenvalue weighted by molar-refractivity contribution is 9.10. The topological polar surface area (TPSA) is 52.4 Å². The minimum atomic E-state index is -0.437. The molecule has 0 fully saturated rings. The number of non-ortho nitro benzene ring substituents is 1. The van der Waals surface area contributed by atoms with Crippen molar-refractivity contribution in [2.75, 3.05) is 0 Å². The second-order valence-corrected chi connectivity index (χ2v) is 5.22. The van der Waals surface area contributed by atoms with Gasteiger partial charge in [-0.3, -0.25) is 10.1 Å². The van der Waals surface area contributed by atoms with Gasteiger partial charge < -0.3 is 4.74 Å². The van der Waals surface area contributed by atoms with Gasteiger partial charge in [-0.25, -0.2) is 0 Å². The number of alkyl halides is 1. The number of halogens is 2. The summed E-state index contributed by atoms with van der Waals surface area (Å²) in [6, 6.07) is 11.7. The molecule has 2 rings (SSSR count). The van der Waals surface area contributed by atoms with Crippen molar-refractivity contribution in [3.63, 3.8) is 0 Å². The van der Waals surface area contributed by atoms with Crippen molar-refractivity contribution in [3.8, 4) is 11.5 Å². The van der Waals surface area contributed by atoms with Crippen LogP contribution < -0.4 is 4.74 Å². The van der Waals surface area contributed by atoms with E-state index in [1.165, 1.54) is 12.1 Å². The Labute approximate surface area is 126 Å². The molecule has 0 unspecified atom stereocenters. The van der Waals surface area contributed by atoms with E-state index in [0.717, 1.165) is 10.0 Å². The molecule has 0 atom stereocenters. The number of rotatable bonds is 4.